The van der Waals surface area contributed by atoms with E-state index in [1.807, 2.05) is 30.6 Å². The summed E-state index contributed by atoms with van der Waals surface area (Å²) in [4.78, 5) is 13.9. The van der Waals surface area contributed by atoms with Gasteiger partial charge in [-0.1, -0.05) is 40.4 Å². The molecular weight excluding hydrogens is 391 g/mol. The third-order valence-corrected chi connectivity index (χ3v) is 5.75. The van der Waals surface area contributed by atoms with E-state index < -0.39 is 0 Å². The second-order valence-corrected chi connectivity index (χ2v) is 8.03. The van der Waals surface area contributed by atoms with E-state index in [1.54, 1.807) is 0 Å². The van der Waals surface area contributed by atoms with Crippen molar-refractivity contribution in [3.8, 4) is 11.3 Å². The third-order valence-electron chi connectivity index (χ3n) is 5.01. The minimum Gasteiger partial charge on any atom is -0.368 e. The number of aryl methyl sites for hydroxylation is 2. The monoisotopic (exact) mass is 412 g/mol. The molecular formula is C22H22Cl2N4. The number of piperazine rings is 1. The molecule has 0 spiro atoms. The number of benzene rings is 2. The zero-order valence-corrected chi connectivity index (χ0v) is 17.5. The molecule has 0 atom stereocenters. The molecule has 0 saturated carbocycles. The molecule has 6 heteroatoms. The van der Waals surface area contributed by atoms with Gasteiger partial charge in [-0.3, -0.25) is 4.98 Å². The minimum atomic E-state index is 0.586. The van der Waals surface area contributed by atoms with Crippen LogP contribution in [0.4, 0.5) is 11.5 Å². The molecule has 0 bridgehead atoms. The van der Waals surface area contributed by atoms with Crippen molar-refractivity contribution < 1.29 is 0 Å². The maximum Gasteiger partial charge on any atom is 0.147 e. The summed E-state index contributed by atoms with van der Waals surface area (Å²) in [6, 6.07) is 12.3. The van der Waals surface area contributed by atoms with Crippen LogP contribution in [0.1, 0.15) is 11.1 Å². The fraction of sp³-hybridized carbons (Fsp3) is 0.273. The van der Waals surface area contributed by atoms with Crippen molar-refractivity contribution in [3.05, 3.63) is 70.0 Å². The van der Waals surface area contributed by atoms with E-state index in [0.717, 1.165) is 48.9 Å². The first kappa shape index (κ1) is 19.0. The van der Waals surface area contributed by atoms with Crippen LogP contribution in [-0.2, 0) is 0 Å². The van der Waals surface area contributed by atoms with Gasteiger partial charge in [-0.15, -0.1) is 0 Å². The van der Waals surface area contributed by atoms with Crippen LogP contribution in [0.3, 0.4) is 0 Å². The van der Waals surface area contributed by atoms with Gasteiger partial charge in [-0.05, 0) is 44.2 Å². The molecule has 0 unspecified atom stereocenters. The Morgan fingerprint density at radius 1 is 0.786 bits per heavy atom. The standard InChI is InChI=1S/C22H22Cl2N4/c1-15-9-16(2)11-17(10-15)21-13-25-14-22(26-21)28-7-5-27(6-8-28)18-3-4-19(23)20(24)12-18/h3-4,9-14H,5-8H2,1-2H3. The van der Waals surface area contributed by atoms with Crippen molar-refractivity contribution in [2.24, 2.45) is 0 Å². The SMILES string of the molecule is Cc1cc(C)cc(-c2cncc(N3CCN(c4ccc(Cl)c(Cl)c4)CC3)n2)c1. The van der Waals surface area contributed by atoms with Crippen molar-refractivity contribution in [1.82, 2.24) is 9.97 Å². The van der Waals surface area contributed by atoms with Crippen LogP contribution in [0.25, 0.3) is 11.3 Å². The van der Waals surface area contributed by atoms with Crippen LogP contribution < -0.4 is 9.80 Å². The van der Waals surface area contributed by atoms with Crippen LogP contribution >= 0.6 is 23.2 Å². The first-order chi connectivity index (χ1) is 13.5. The Kier molecular flexibility index (Phi) is 5.42. The molecule has 1 aromatic heterocycles. The number of hydrogen-bond donors (Lipinski definition) is 0. The summed E-state index contributed by atoms with van der Waals surface area (Å²) >= 11 is 12.2. The normalized spacial score (nSPS) is 14.4. The smallest absolute Gasteiger partial charge is 0.147 e. The zero-order chi connectivity index (χ0) is 19.7. The average Bonchev–Trinajstić information content (AvgIpc) is 2.70. The van der Waals surface area contributed by atoms with E-state index in [2.05, 4.69) is 46.8 Å². The molecule has 28 heavy (non-hydrogen) atoms. The Morgan fingerprint density at radius 2 is 1.46 bits per heavy atom. The molecule has 1 saturated heterocycles. The number of hydrogen-bond acceptors (Lipinski definition) is 4. The average molecular weight is 413 g/mol. The zero-order valence-electron chi connectivity index (χ0n) is 16.0. The van der Waals surface area contributed by atoms with Crippen LogP contribution in [0.15, 0.2) is 48.8 Å². The number of rotatable bonds is 3. The van der Waals surface area contributed by atoms with Gasteiger partial charge >= 0.3 is 0 Å². The van der Waals surface area contributed by atoms with E-state index in [4.69, 9.17) is 28.2 Å². The molecule has 0 amide bonds. The predicted octanol–water partition coefficient (Wildman–Crippen LogP) is 5.39. The van der Waals surface area contributed by atoms with Gasteiger partial charge in [0.15, 0.2) is 0 Å². The Labute approximate surface area is 175 Å². The molecule has 3 aromatic rings. The van der Waals surface area contributed by atoms with Crippen molar-refractivity contribution in [3.63, 3.8) is 0 Å². The molecule has 1 fully saturated rings. The van der Waals surface area contributed by atoms with Crippen molar-refractivity contribution in [2.45, 2.75) is 13.8 Å². The van der Waals surface area contributed by atoms with Gasteiger partial charge in [0.1, 0.15) is 5.82 Å². The van der Waals surface area contributed by atoms with Crippen LogP contribution in [0.5, 0.6) is 0 Å². The van der Waals surface area contributed by atoms with Gasteiger partial charge < -0.3 is 9.80 Å². The lowest BCUT2D eigenvalue weighted by molar-refractivity contribution is 0.646. The maximum absolute atomic E-state index is 6.17. The second-order valence-electron chi connectivity index (χ2n) is 7.21. The highest BCUT2D eigenvalue weighted by Crippen LogP contribution is 2.28. The second kappa shape index (κ2) is 7.98. The summed E-state index contributed by atoms with van der Waals surface area (Å²) in [7, 11) is 0. The highest BCUT2D eigenvalue weighted by molar-refractivity contribution is 6.42. The van der Waals surface area contributed by atoms with Crippen molar-refractivity contribution in [1.29, 1.82) is 0 Å². The van der Waals surface area contributed by atoms with E-state index in [0.29, 0.717) is 10.0 Å². The van der Waals surface area contributed by atoms with E-state index in [1.165, 1.54) is 11.1 Å². The Hall–Kier alpha value is -2.30. The first-order valence-electron chi connectivity index (χ1n) is 9.35. The number of aromatic nitrogens is 2. The third kappa shape index (κ3) is 4.08. The fourth-order valence-corrected chi connectivity index (χ4v) is 3.94. The molecule has 0 aliphatic carbocycles. The van der Waals surface area contributed by atoms with Crippen LogP contribution in [-0.4, -0.2) is 36.1 Å². The van der Waals surface area contributed by atoms with E-state index >= 15 is 0 Å². The van der Waals surface area contributed by atoms with E-state index in [9.17, 15) is 0 Å². The summed E-state index contributed by atoms with van der Waals surface area (Å²) in [6.45, 7) is 7.77. The maximum atomic E-state index is 6.17. The number of anilines is 2. The lowest BCUT2D eigenvalue weighted by atomic mass is 10.1. The largest absolute Gasteiger partial charge is 0.368 e. The van der Waals surface area contributed by atoms with Crippen LogP contribution in [0.2, 0.25) is 10.0 Å². The summed E-state index contributed by atoms with van der Waals surface area (Å²) < 4.78 is 0. The molecule has 2 aromatic carbocycles. The summed E-state index contributed by atoms with van der Waals surface area (Å²) in [6.07, 6.45) is 3.69. The summed E-state index contributed by atoms with van der Waals surface area (Å²) in [5, 5.41) is 1.18. The van der Waals surface area contributed by atoms with Gasteiger partial charge in [-0.25, -0.2) is 4.98 Å². The van der Waals surface area contributed by atoms with Gasteiger partial charge in [0.05, 0.1) is 28.1 Å². The summed E-state index contributed by atoms with van der Waals surface area (Å²) in [5.74, 6) is 0.922. The minimum absolute atomic E-state index is 0.586. The number of nitrogens with zero attached hydrogens (tertiary/aromatic N) is 4. The van der Waals surface area contributed by atoms with Gasteiger partial charge in [0, 0.05) is 37.4 Å². The molecule has 2 heterocycles. The topological polar surface area (TPSA) is 32.3 Å². The molecule has 0 N–H and O–H groups in total. The molecule has 4 nitrogen and oxygen atoms in total. The first-order valence-corrected chi connectivity index (χ1v) is 10.1. The fourth-order valence-electron chi connectivity index (χ4n) is 3.65. The molecule has 4 rings (SSSR count). The quantitative estimate of drug-likeness (QED) is 0.576. The summed E-state index contributed by atoms with van der Waals surface area (Å²) in [5.41, 5.74) is 5.59. The molecule has 0 radical (unpaired) electrons. The lowest BCUT2D eigenvalue weighted by Crippen LogP contribution is -2.46. The lowest BCUT2D eigenvalue weighted by Gasteiger charge is -2.36. The van der Waals surface area contributed by atoms with Gasteiger partial charge in [-0.2, -0.15) is 0 Å². The van der Waals surface area contributed by atoms with Gasteiger partial charge in [0.2, 0.25) is 0 Å². The Balaban J connectivity index is 1.49. The Morgan fingerprint density at radius 3 is 2.14 bits per heavy atom. The molecule has 1 aliphatic rings. The molecule has 144 valence electrons. The van der Waals surface area contributed by atoms with Crippen molar-refractivity contribution >= 4 is 34.7 Å². The highest BCUT2D eigenvalue weighted by Gasteiger charge is 2.19. The van der Waals surface area contributed by atoms with Crippen LogP contribution in [0, 0.1) is 13.8 Å². The van der Waals surface area contributed by atoms with Crippen molar-refractivity contribution in [2.75, 3.05) is 36.0 Å². The van der Waals surface area contributed by atoms with E-state index in [-0.39, 0.29) is 0 Å². The predicted molar refractivity (Wildman–Crippen MR) is 118 cm³/mol. The molecule has 1 aliphatic heterocycles. The highest BCUT2D eigenvalue weighted by atomic mass is 35.5. The number of halogens is 2. The van der Waals surface area contributed by atoms with Gasteiger partial charge in [0.25, 0.3) is 0 Å². The Bertz CT molecular complexity index is 977.